The topological polar surface area (TPSA) is 9.23 Å². The molecule has 0 atom stereocenters. The van der Waals surface area contributed by atoms with Crippen LogP contribution in [0.5, 0.6) is 0 Å². The molecule has 0 rings (SSSR count). The molecule has 254 valence electrons. The fraction of sp³-hybridized carbons (Fsp3) is 1.00. The third kappa shape index (κ3) is 16.7. The van der Waals surface area contributed by atoms with Gasteiger partial charge in [-0.25, -0.2) is 0 Å². The fourth-order valence-corrected chi connectivity index (χ4v) is 6.85. The fourth-order valence-electron chi connectivity index (χ4n) is 3.44. The van der Waals surface area contributed by atoms with Crippen LogP contribution < -0.4 is 0 Å². The van der Waals surface area contributed by atoms with Crippen LogP contribution in [0.3, 0.4) is 0 Å². The van der Waals surface area contributed by atoms with Gasteiger partial charge in [-0.05, 0) is 12.8 Å². The normalized spacial score (nSPS) is 13.7. The Morgan fingerprint density at radius 3 is 0.929 bits per heavy atom. The average Bonchev–Trinajstić information content (AvgIpc) is 2.85. The van der Waals surface area contributed by atoms with E-state index in [1.807, 2.05) is 0 Å². The van der Waals surface area contributed by atoms with Crippen LogP contribution in [0.4, 0.5) is 61.5 Å². The van der Waals surface area contributed by atoms with E-state index in [-0.39, 0.29) is 0 Å². The molecule has 16 heteroatoms. The molecule has 0 aromatic rings. The van der Waals surface area contributed by atoms with Gasteiger partial charge in [-0.2, -0.15) is 0 Å². The Kier molecular flexibility index (Phi) is 21.7. The molecule has 0 heterocycles. The van der Waals surface area contributed by atoms with Gasteiger partial charge in [-0.3, -0.25) is 0 Å². The van der Waals surface area contributed by atoms with Gasteiger partial charge in [0.1, 0.15) is 0 Å². The zero-order valence-electron chi connectivity index (χ0n) is 23.9. The molecule has 1 nitrogen and oxygen atoms in total. The van der Waals surface area contributed by atoms with Gasteiger partial charge in [0.05, 0.1) is 0 Å². The van der Waals surface area contributed by atoms with Crippen molar-refractivity contribution >= 4 is 21.1 Å². The van der Waals surface area contributed by atoms with Crippen LogP contribution in [-0.4, -0.2) is 70.4 Å². The Morgan fingerprint density at radius 2 is 0.667 bits per heavy atom. The number of unbranched alkanes of at least 4 members (excludes halogenated alkanes) is 12. The standard InChI is InChI=1S/C18H38O.2C4H2F7.Sn/c1-3-5-7-9-11-13-15-17-19-18-16-14-12-10-8-6-4-2;2*1-2(5,6)3(7,8)4(9,10)11;/h3-18H2,1-2H3;2*1H2;. The van der Waals surface area contributed by atoms with Crippen molar-refractivity contribution in [2.24, 2.45) is 0 Å². The summed E-state index contributed by atoms with van der Waals surface area (Å²) in [4.78, 5) is 0. The molecular formula is C26H42F14OSn. The van der Waals surface area contributed by atoms with Crippen molar-refractivity contribution in [2.75, 3.05) is 13.2 Å². The van der Waals surface area contributed by atoms with Crippen molar-refractivity contribution in [3.8, 4) is 0 Å². The van der Waals surface area contributed by atoms with Gasteiger partial charge >= 0.3 is 128 Å². The zero-order chi connectivity index (χ0) is 33.1. The summed E-state index contributed by atoms with van der Waals surface area (Å²) in [5.41, 5.74) is 0. The summed E-state index contributed by atoms with van der Waals surface area (Å²) in [6.45, 7) is 6.53. The molecule has 0 spiro atoms. The first-order valence-electron chi connectivity index (χ1n) is 14.1. The van der Waals surface area contributed by atoms with E-state index < -0.39 is 66.1 Å². The summed E-state index contributed by atoms with van der Waals surface area (Å²) in [5, 5.41) is 0. The molecule has 0 saturated carbocycles. The van der Waals surface area contributed by atoms with Crippen LogP contribution in [0.1, 0.15) is 104 Å². The van der Waals surface area contributed by atoms with Crippen molar-refractivity contribution in [1.82, 2.24) is 0 Å². The molecule has 0 saturated heterocycles. The van der Waals surface area contributed by atoms with Crippen molar-refractivity contribution in [3.05, 3.63) is 0 Å². The van der Waals surface area contributed by atoms with Crippen molar-refractivity contribution in [1.29, 1.82) is 0 Å². The quantitative estimate of drug-likeness (QED) is 0.0608. The van der Waals surface area contributed by atoms with Gasteiger partial charge in [-0.1, -0.05) is 90.9 Å². The van der Waals surface area contributed by atoms with E-state index >= 15 is 0 Å². The third-order valence-corrected chi connectivity index (χ3v) is 10.1. The van der Waals surface area contributed by atoms with Gasteiger partial charge in [0.2, 0.25) is 0 Å². The van der Waals surface area contributed by atoms with E-state index in [1.54, 1.807) is 0 Å². The molecule has 0 amide bonds. The first kappa shape index (κ1) is 43.9. The van der Waals surface area contributed by atoms with Crippen LogP contribution >= 0.6 is 0 Å². The molecule has 0 fully saturated rings. The predicted molar refractivity (Wildman–Crippen MR) is 134 cm³/mol. The molecule has 0 unspecified atom stereocenters. The monoisotopic (exact) mass is 756 g/mol. The number of ether oxygens (including phenoxy) is 1. The summed E-state index contributed by atoms with van der Waals surface area (Å²) in [5.74, 6) is -25.0. The second-order valence-corrected chi connectivity index (χ2v) is 13.5. The molecule has 0 aliphatic carbocycles. The first-order valence-corrected chi connectivity index (χ1v) is 18.1. The Bertz CT molecular complexity index is 612. The van der Waals surface area contributed by atoms with E-state index in [1.165, 1.54) is 89.9 Å². The summed E-state index contributed by atoms with van der Waals surface area (Å²) in [6.07, 6.45) is 5.80. The van der Waals surface area contributed by atoms with Crippen molar-refractivity contribution in [3.63, 3.8) is 0 Å². The second kappa shape index (κ2) is 20.7. The first-order chi connectivity index (χ1) is 19.1. The van der Waals surface area contributed by atoms with E-state index in [0.717, 1.165) is 13.2 Å². The van der Waals surface area contributed by atoms with Gasteiger partial charge < -0.3 is 4.74 Å². The third-order valence-electron chi connectivity index (χ3n) is 6.11. The van der Waals surface area contributed by atoms with Crippen LogP contribution in [0.25, 0.3) is 0 Å². The minimum atomic E-state index is -6.74. The molecule has 42 heavy (non-hydrogen) atoms. The Labute approximate surface area is 249 Å². The van der Waals surface area contributed by atoms with Crippen LogP contribution in [0.2, 0.25) is 8.87 Å². The van der Waals surface area contributed by atoms with Crippen molar-refractivity contribution < 1.29 is 66.2 Å². The Hall–Kier alpha value is -0.221. The Balaban J connectivity index is 0. The van der Waals surface area contributed by atoms with Crippen molar-refractivity contribution in [2.45, 2.75) is 149 Å². The molecular weight excluding hydrogens is 713 g/mol. The molecule has 0 aromatic carbocycles. The molecule has 2 radical (unpaired) electrons. The van der Waals surface area contributed by atoms with E-state index in [9.17, 15) is 61.5 Å². The van der Waals surface area contributed by atoms with Gasteiger partial charge in [-0.15, -0.1) is 0 Å². The predicted octanol–water partition coefficient (Wildman–Crippen LogP) is 11.7. The molecule has 0 N–H and O–H groups in total. The van der Waals surface area contributed by atoms with E-state index in [4.69, 9.17) is 4.74 Å². The summed E-state index contributed by atoms with van der Waals surface area (Å²) >= 11 is -3.84. The maximum atomic E-state index is 12.7. The second-order valence-electron chi connectivity index (χ2n) is 10.0. The summed E-state index contributed by atoms with van der Waals surface area (Å²) < 4.78 is 171. The van der Waals surface area contributed by atoms with Crippen LogP contribution in [-0.2, 0) is 4.74 Å². The minimum absolute atomic E-state index is 0.990. The average molecular weight is 755 g/mol. The number of hydrogen-bond acceptors (Lipinski definition) is 1. The van der Waals surface area contributed by atoms with E-state index in [0.29, 0.717) is 0 Å². The van der Waals surface area contributed by atoms with E-state index in [2.05, 4.69) is 13.8 Å². The molecule has 0 aromatic heterocycles. The number of halogens is 14. The van der Waals surface area contributed by atoms with Crippen LogP contribution in [0, 0.1) is 0 Å². The zero-order valence-corrected chi connectivity index (χ0v) is 26.8. The summed E-state index contributed by atoms with van der Waals surface area (Å²) in [6, 6.07) is 0. The van der Waals surface area contributed by atoms with Crippen LogP contribution in [0.15, 0.2) is 0 Å². The van der Waals surface area contributed by atoms with Gasteiger partial charge in [0.25, 0.3) is 0 Å². The summed E-state index contributed by atoms with van der Waals surface area (Å²) in [7, 11) is 0. The van der Waals surface area contributed by atoms with Gasteiger partial charge in [0.15, 0.2) is 0 Å². The maximum absolute atomic E-state index is 12.7. The van der Waals surface area contributed by atoms with Gasteiger partial charge in [0, 0.05) is 13.2 Å². The number of rotatable bonds is 22. The number of alkyl halides is 14. The molecule has 0 bridgehead atoms. The SMILES string of the molecule is CCCCCCCCCOCCCCCCCCC.FC(F)(F)C(F)(F)C(F)(F)[CH2][Sn][CH2]C(F)(F)C(F)(F)C(F)(F)F. The molecule has 0 aliphatic heterocycles. The molecule has 0 aliphatic rings. The number of hydrogen-bond donors (Lipinski definition) is 0. The Morgan fingerprint density at radius 1 is 0.405 bits per heavy atom.